The van der Waals surface area contributed by atoms with Crippen molar-refractivity contribution >= 4 is 49.5 Å². The molecule has 1 fully saturated rings. The predicted molar refractivity (Wildman–Crippen MR) is 170 cm³/mol. The largest absolute Gasteiger partial charge is 0.480 e. The number of nitrogens with one attached hydrogen (secondary N) is 3. The summed E-state index contributed by atoms with van der Waals surface area (Å²) in [6, 6.07) is 5.25. The lowest BCUT2D eigenvalue weighted by Gasteiger charge is -2.34. The number of nitrogens with zero attached hydrogens (tertiary/aromatic N) is 6. The summed E-state index contributed by atoms with van der Waals surface area (Å²) in [6.45, 7) is 8.08. The molecule has 6 rings (SSSR count). The van der Waals surface area contributed by atoms with Gasteiger partial charge >= 0.3 is 0 Å². The smallest absolute Gasteiger partial charge is 0.279 e. The highest BCUT2D eigenvalue weighted by Crippen LogP contribution is 2.34. The van der Waals surface area contributed by atoms with Crippen molar-refractivity contribution in [1.29, 1.82) is 0 Å². The number of aromatic nitrogens is 6. The number of hydrogen-bond acceptors (Lipinski definition) is 11. The van der Waals surface area contributed by atoms with Crippen LogP contribution in [-0.4, -0.2) is 81.3 Å². The van der Waals surface area contributed by atoms with E-state index in [9.17, 15) is 13.2 Å². The standard InChI is InChI=1S/C29H33N9O5S2/c1-16-12-38(13-17(2)43-16)14-26-33-25(15-44-26)28(39)34-22-6-19(7-23-21(22)10-32-35-23)20-8-24(29(42-5)31-9-20)36-45(40,41)27-11-30-18(3)37(27)4/h6-11,15-17,36H,12-14H2,1-5H3,(H,32,35)(H,34,39)/t16-,17+. The fourth-order valence-electron chi connectivity index (χ4n) is 5.37. The molecule has 2 atom stereocenters. The third-order valence-electron chi connectivity index (χ3n) is 7.52. The van der Waals surface area contributed by atoms with Crippen molar-refractivity contribution in [3.05, 3.63) is 58.7 Å². The molecule has 14 nitrogen and oxygen atoms in total. The van der Waals surface area contributed by atoms with Gasteiger partial charge in [0, 0.05) is 42.7 Å². The highest BCUT2D eigenvalue weighted by Gasteiger charge is 2.25. The fraction of sp³-hybridized carbons (Fsp3) is 0.345. The Morgan fingerprint density at radius 1 is 1.11 bits per heavy atom. The number of ether oxygens (including phenoxy) is 2. The Morgan fingerprint density at radius 3 is 2.58 bits per heavy atom. The number of thiazole rings is 1. The van der Waals surface area contributed by atoms with Gasteiger partial charge in [-0.2, -0.15) is 13.5 Å². The molecule has 1 saturated heterocycles. The molecule has 0 bridgehead atoms. The van der Waals surface area contributed by atoms with Crippen molar-refractivity contribution in [2.24, 2.45) is 7.05 Å². The molecule has 0 saturated carbocycles. The van der Waals surface area contributed by atoms with Crippen LogP contribution in [0, 0.1) is 6.92 Å². The van der Waals surface area contributed by atoms with Gasteiger partial charge in [0.05, 0.1) is 49.5 Å². The molecule has 5 heterocycles. The lowest BCUT2D eigenvalue weighted by atomic mass is 10.0. The van der Waals surface area contributed by atoms with Gasteiger partial charge in [0.1, 0.15) is 22.2 Å². The van der Waals surface area contributed by atoms with Gasteiger partial charge in [0.2, 0.25) is 5.88 Å². The summed E-state index contributed by atoms with van der Waals surface area (Å²) in [6.07, 6.45) is 4.77. The monoisotopic (exact) mass is 651 g/mol. The maximum Gasteiger partial charge on any atom is 0.279 e. The highest BCUT2D eigenvalue weighted by atomic mass is 32.2. The number of amides is 1. The van der Waals surface area contributed by atoms with E-state index in [1.165, 1.54) is 29.2 Å². The molecule has 0 spiro atoms. The number of hydrogen-bond donors (Lipinski definition) is 3. The Hall–Kier alpha value is -4.38. The van der Waals surface area contributed by atoms with E-state index >= 15 is 0 Å². The zero-order valence-electron chi connectivity index (χ0n) is 25.4. The van der Waals surface area contributed by atoms with Gasteiger partial charge in [0.15, 0.2) is 5.03 Å². The van der Waals surface area contributed by atoms with Crippen LogP contribution in [0.25, 0.3) is 22.0 Å². The maximum absolute atomic E-state index is 13.4. The van der Waals surface area contributed by atoms with E-state index in [4.69, 9.17) is 9.47 Å². The first-order valence-electron chi connectivity index (χ1n) is 14.2. The van der Waals surface area contributed by atoms with Gasteiger partial charge in [-0.3, -0.25) is 19.5 Å². The van der Waals surface area contributed by atoms with Gasteiger partial charge in [-0.1, -0.05) is 0 Å². The van der Waals surface area contributed by atoms with E-state index in [2.05, 4.69) is 53.9 Å². The van der Waals surface area contributed by atoms with Crippen molar-refractivity contribution in [2.45, 2.75) is 44.5 Å². The molecule has 0 aliphatic carbocycles. The average Bonchev–Trinajstić information content (AvgIpc) is 3.73. The Balaban J connectivity index is 1.26. The summed E-state index contributed by atoms with van der Waals surface area (Å²) in [5.74, 6) is 0.290. The molecule has 0 radical (unpaired) electrons. The third-order valence-corrected chi connectivity index (χ3v) is 9.77. The molecule has 16 heteroatoms. The summed E-state index contributed by atoms with van der Waals surface area (Å²) in [7, 11) is -0.979. The summed E-state index contributed by atoms with van der Waals surface area (Å²) in [4.78, 5) is 28.7. The van der Waals surface area contributed by atoms with E-state index in [1.807, 2.05) is 6.07 Å². The van der Waals surface area contributed by atoms with Crippen LogP contribution in [0.5, 0.6) is 5.88 Å². The van der Waals surface area contributed by atoms with Crippen LogP contribution in [0.15, 0.2) is 47.2 Å². The molecule has 0 unspecified atom stereocenters. The van der Waals surface area contributed by atoms with Gasteiger partial charge in [-0.25, -0.2) is 15.0 Å². The number of benzene rings is 1. The summed E-state index contributed by atoms with van der Waals surface area (Å²) in [5, 5.41) is 13.4. The number of H-pyrrole nitrogens is 1. The first kappa shape index (κ1) is 30.6. The van der Waals surface area contributed by atoms with Crippen LogP contribution < -0.4 is 14.8 Å². The summed E-state index contributed by atoms with van der Waals surface area (Å²) < 4.78 is 41.6. The number of carbonyl (C=O) groups is 1. The van der Waals surface area contributed by atoms with Gasteiger partial charge in [-0.15, -0.1) is 11.3 Å². The van der Waals surface area contributed by atoms with E-state index in [0.717, 1.165) is 18.1 Å². The molecule has 1 aliphatic heterocycles. The first-order chi connectivity index (χ1) is 21.5. The van der Waals surface area contributed by atoms with Crippen LogP contribution in [-0.2, 0) is 28.4 Å². The minimum atomic E-state index is -4.01. The van der Waals surface area contributed by atoms with Crippen LogP contribution in [0.4, 0.5) is 11.4 Å². The van der Waals surface area contributed by atoms with Crippen molar-refractivity contribution in [2.75, 3.05) is 30.2 Å². The number of rotatable bonds is 9. The number of sulfonamides is 1. The fourth-order valence-corrected chi connectivity index (χ4v) is 7.41. The average molecular weight is 652 g/mol. The quantitative estimate of drug-likeness (QED) is 0.213. The lowest BCUT2D eigenvalue weighted by Crippen LogP contribution is -2.44. The topological polar surface area (TPSA) is 169 Å². The van der Waals surface area contributed by atoms with Gasteiger partial charge in [-0.05, 0) is 44.5 Å². The number of anilines is 2. The molecule has 4 aromatic heterocycles. The van der Waals surface area contributed by atoms with Crippen molar-refractivity contribution in [3.8, 4) is 17.0 Å². The summed E-state index contributed by atoms with van der Waals surface area (Å²) in [5.41, 5.74) is 2.87. The highest BCUT2D eigenvalue weighted by molar-refractivity contribution is 7.92. The zero-order valence-corrected chi connectivity index (χ0v) is 27.0. The Morgan fingerprint density at radius 2 is 1.87 bits per heavy atom. The van der Waals surface area contributed by atoms with Crippen molar-refractivity contribution in [1.82, 2.24) is 34.6 Å². The molecule has 1 aliphatic rings. The SMILES string of the molecule is COc1ncc(-c2cc(NC(=O)c3csc(CN4C[C@@H](C)O[C@@H](C)C4)n3)c3cn[nH]c3c2)cc1NS(=O)(=O)c1cnc(C)n1C. The number of pyridine rings is 1. The molecular formula is C29H33N9O5S2. The van der Waals surface area contributed by atoms with Crippen molar-refractivity contribution < 1.29 is 22.7 Å². The zero-order chi connectivity index (χ0) is 31.9. The second-order valence-corrected chi connectivity index (χ2v) is 13.5. The molecular weight excluding hydrogens is 619 g/mol. The minimum absolute atomic E-state index is 0.00408. The lowest BCUT2D eigenvalue weighted by molar-refractivity contribution is -0.0705. The Bertz CT molecular complexity index is 1970. The molecule has 1 amide bonds. The van der Waals surface area contributed by atoms with Gasteiger partial charge in [0.25, 0.3) is 15.9 Å². The number of methoxy groups -OCH3 is 1. The molecule has 45 heavy (non-hydrogen) atoms. The van der Waals surface area contributed by atoms with Crippen molar-refractivity contribution in [3.63, 3.8) is 0 Å². The molecule has 236 valence electrons. The van der Waals surface area contributed by atoms with Crippen LogP contribution in [0.3, 0.4) is 0 Å². The predicted octanol–water partition coefficient (Wildman–Crippen LogP) is 3.79. The van der Waals surface area contributed by atoms with Crippen LogP contribution in [0.1, 0.15) is 35.2 Å². The van der Waals surface area contributed by atoms with Crippen LogP contribution >= 0.6 is 11.3 Å². The van der Waals surface area contributed by atoms with E-state index in [-0.39, 0.29) is 34.7 Å². The third kappa shape index (κ3) is 6.40. The van der Waals surface area contributed by atoms with Crippen LogP contribution in [0.2, 0.25) is 0 Å². The van der Waals surface area contributed by atoms with E-state index < -0.39 is 10.0 Å². The molecule has 5 aromatic rings. The molecule has 3 N–H and O–H groups in total. The summed E-state index contributed by atoms with van der Waals surface area (Å²) >= 11 is 1.45. The number of fused-ring (bicyclic) bond motifs is 1. The number of morpholine rings is 1. The van der Waals surface area contributed by atoms with E-state index in [1.54, 1.807) is 43.9 Å². The van der Waals surface area contributed by atoms with E-state index in [0.29, 0.717) is 45.8 Å². The number of aryl methyl sites for hydroxylation is 1. The minimum Gasteiger partial charge on any atom is -0.480 e. The molecule has 1 aromatic carbocycles. The Labute approximate surface area is 263 Å². The normalized spacial score (nSPS) is 17.4. The first-order valence-corrected chi connectivity index (χ1v) is 16.5. The van der Waals surface area contributed by atoms with Gasteiger partial charge < -0.3 is 19.4 Å². The Kier molecular flexibility index (Phi) is 8.30. The maximum atomic E-state index is 13.4. The second-order valence-electron chi connectivity index (χ2n) is 11.0. The number of aromatic amines is 1. The number of imidazole rings is 1. The second kappa shape index (κ2) is 12.2. The number of carbonyl (C=O) groups excluding carboxylic acids is 1.